The van der Waals surface area contributed by atoms with Crippen LogP contribution in [0.1, 0.15) is 0 Å². The van der Waals surface area contributed by atoms with Crippen molar-refractivity contribution in [3.8, 4) is 17.1 Å². The first kappa shape index (κ1) is 21.2. The molecule has 0 atom stereocenters. The van der Waals surface area contributed by atoms with Gasteiger partial charge < -0.3 is 5.32 Å². The van der Waals surface area contributed by atoms with Gasteiger partial charge in [0.1, 0.15) is 5.82 Å². The lowest BCUT2D eigenvalue weighted by Crippen LogP contribution is -2.14. The van der Waals surface area contributed by atoms with Crippen LogP contribution in [0.5, 0.6) is 0 Å². The van der Waals surface area contributed by atoms with Gasteiger partial charge in [-0.1, -0.05) is 30.0 Å². The van der Waals surface area contributed by atoms with Gasteiger partial charge in [-0.15, -0.1) is 10.2 Å². The van der Waals surface area contributed by atoms with Crippen molar-refractivity contribution in [2.75, 3.05) is 11.1 Å². The first-order valence-corrected chi connectivity index (χ1v) is 10.4. The lowest BCUT2D eigenvalue weighted by atomic mass is 10.2. The normalized spacial score (nSPS) is 10.7. The summed E-state index contributed by atoms with van der Waals surface area (Å²) in [6.07, 6.45) is 0. The van der Waals surface area contributed by atoms with Crippen molar-refractivity contribution < 1.29 is 14.1 Å². The number of hydrogen-bond acceptors (Lipinski definition) is 6. The van der Waals surface area contributed by atoms with Crippen LogP contribution in [-0.2, 0) is 4.79 Å². The van der Waals surface area contributed by atoms with Gasteiger partial charge in [-0.25, -0.2) is 4.39 Å². The van der Waals surface area contributed by atoms with Crippen molar-refractivity contribution in [1.29, 1.82) is 0 Å². The van der Waals surface area contributed by atoms with E-state index in [4.69, 9.17) is 0 Å². The lowest BCUT2D eigenvalue weighted by Gasteiger charge is -2.10. The smallest absolute Gasteiger partial charge is 0.269 e. The second-order valence-corrected chi connectivity index (χ2v) is 7.57. The van der Waals surface area contributed by atoms with E-state index >= 15 is 0 Å². The fourth-order valence-corrected chi connectivity index (χ4v) is 3.70. The maximum atomic E-state index is 13.4. The minimum absolute atomic E-state index is 0.0470. The standard InChI is InChI=1S/C22H16FN5O3S/c23-16-8-6-15(7-9-16)21-25-26-22(27(21)18-4-2-1-3-5-18)32-14-20(29)24-17-10-12-19(13-11-17)28(30)31/h1-13H,14H2,(H,24,29). The first-order valence-electron chi connectivity index (χ1n) is 9.45. The summed E-state index contributed by atoms with van der Waals surface area (Å²) in [5.74, 6) is -0.0768. The number of halogens is 1. The Bertz CT molecular complexity index is 1250. The highest BCUT2D eigenvalue weighted by Gasteiger charge is 2.17. The highest BCUT2D eigenvalue weighted by Crippen LogP contribution is 2.28. The molecule has 0 radical (unpaired) electrons. The molecule has 10 heteroatoms. The second kappa shape index (κ2) is 9.40. The molecular formula is C22H16FN5O3S. The van der Waals surface area contributed by atoms with Crippen LogP contribution < -0.4 is 5.32 Å². The predicted octanol–water partition coefficient (Wildman–Crippen LogP) is 4.71. The number of carbonyl (C=O) groups excluding carboxylic acids is 1. The molecular weight excluding hydrogens is 433 g/mol. The molecule has 1 N–H and O–H groups in total. The summed E-state index contributed by atoms with van der Waals surface area (Å²) >= 11 is 1.19. The van der Waals surface area contributed by atoms with Crippen LogP contribution in [-0.4, -0.2) is 31.3 Å². The molecule has 160 valence electrons. The molecule has 0 aliphatic heterocycles. The van der Waals surface area contributed by atoms with Crippen molar-refractivity contribution in [1.82, 2.24) is 14.8 Å². The monoisotopic (exact) mass is 449 g/mol. The summed E-state index contributed by atoms with van der Waals surface area (Å²) in [6.45, 7) is 0. The number of nitro groups is 1. The average Bonchev–Trinajstić information content (AvgIpc) is 3.23. The quantitative estimate of drug-likeness (QED) is 0.249. The molecule has 3 aromatic carbocycles. The Morgan fingerprint density at radius 1 is 1.00 bits per heavy atom. The van der Waals surface area contributed by atoms with E-state index in [1.165, 1.54) is 48.2 Å². The number of nitrogens with zero attached hydrogens (tertiary/aromatic N) is 4. The summed E-state index contributed by atoms with van der Waals surface area (Å²) in [4.78, 5) is 22.6. The van der Waals surface area contributed by atoms with E-state index in [1.807, 2.05) is 30.3 Å². The SMILES string of the molecule is O=C(CSc1nnc(-c2ccc(F)cc2)n1-c1ccccc1)Nc1ccc([N+](=O)[O-])cc1. The number of aromatic nitrogens is 3. The van der Waals surface area contributed by atoms with Crippen LogP contribution in [0.3, 0.4) is 0 Å². The van der Waals surface area contributed by atoms with E-state index in [2.05, 4.69) is 15.5 Å². The Balaban J connectivity index is 1.53. The number of para-hydroxylation sites is 1. The van der Waals surface area contributed by atoms with Gasteiger partial charge in [0.05, 0.1) is 10.7 Å². The van der Waals surface area contributed by atoms with Crippen molar-refractivity contribution in [3.63, 3.8) is 0 Å². The molecule has 0 aliphatic carbocycles. The summed E-state index contributed by atoms with van der Waals surface area (Å²) in [6, 6.07) is 20.9. The Morgan fingerprint density at radius 2 is 1.69 bits per heavy atom. The third-order valence-corrected chi connectivity index (χ3v) is 5.37. The van der Waals surface area contributed by atoms with Crippen molar-refractivity contribution in [2.24, 2.45) is 0 Å². The molecule has 4 rings (SSSR count). The van der Waals surface area contributed by atoms with Crippen LogP contribution in [0.4, 0.5) is 15.8 Å². The van der Waals surface area contributed by atoms with E-state index < -0.39 is 4.92 Å². The largest absolute Gasteiger partial charge is 0.325 e. The number of nitro benzene ring substituents is 1. The molecule has 0 saturated heterocycles. The fraction of sp³-hybridized carbons (Fsp3) is 0.0455. The van der Waals surface area contributed by atoms with E-state index in [0.29, 0.717) is 22.2 Å². The number of hydrogen-bond donors (Lipinski definition) is 1. The van der Waals surface area contributed by atoms with Crippen LogP contribution in [0.15, 0.2) is 84.0 Å². The van der Waals surface area contributed by atoms with Gasteiger partial charge in [-0.3, -0.25) is 19.5 Å². The van der Waals surface area contributed by atoms with Crippen LogP contribution in [0.2, 0.25) is 0 Å². The molecule has 0 spiro atoms. The van der Waals surface area contributed by atoms with Gasteiger partial charge in [0.2, 0.25) is 5.91 Å². The number of nitrogens with one attached hydrogen (secondary N) is 1. The number of non-ortho nitro benzene ring substituents is 1. The molecule has 0 fully saturated rings. The van der Waals surface area contributed by atoms with E-state index in [-0.39, 0.29) is 23.2 Å². The molecule has 8 nitrogen and oxygen atoms in total. The van der Waals surface area contributed by atoms with Crippen molar-refractivity contribution >= 4 is 29.0 Å². The molecule has 0 unspecified atom stereocenters. The van der Waals surface area contributed by atoms with Gasteiger partial charge >= 0.3 is 0 Å². The number of amides is 1. The van der Waals surface area contributed by atoms with E-state index in [9.17, 15) is 19.3 Å². The third-order valence-electron chi connectivity index (χ3n) is 4.44. The van der Waals surface area contributed by atoms with Gasteiger partial charge in [0.15, 0.2) is 11.0 Å². The minimum atomic E-state index is -0.503. The molecule has 1 amide bonds. The topological polar surface area (TPSA) is 103 Å². The Hall–Kier alpha value is -4.05. The fourth-order valence-electron chi connectivity index (χ4n) is 2.95. The lowest BCUT2D eigenvalue weighted by molar-refractivity contribution is -0.384. The van der Waals surface area contributed by atoms with Crippen LogP contribution >= 0.6 is 11.8 Å². The summed E-state index contributed by atoms with van der Waals surface area (Å²) in [7, 11) is 0. The van der Waals surface area contributed by atoms with Gasteiger partial charge in [0.25, 0.3) is 5.69 Å². The first-order chi connectivity index (χ1) is 15.5. The predicted molar refractivity (Wildman–Crippen MR) is 119 cm³/mol. The summed E-state index contributed by atoms with van der Waals surface area (Å²) < 4.78 is 15.2. The number of thioether (sulfide) groups is 1. The van der Waals surface area contributed by atoms with Crippen molar-refractivity contribution in [3.05, 3.63) is 94.8 Å². The molecule has 0 bridgehead atoms. The van der Waals surface area contributed by atoms with E-state index in [1.54, 1.807) is 16.7 Å². The zero-order valence-electron chi connectivity index (χ0n) is 16.5. The van der Waals surface area contributed by atoms with Crippen LogP contribution in [0.25, 0.3) is 17.1 Å². The van der Waals surface area contributed by atoms with E-state index in [0.717, 1.165) is 5.69 Å². The zero-order valence-corrected chi connectivity index (χ0v) is 17.3. The highest BCUT2D eigenvalue weighted by atomic mass is 32.2. The second-order valence-electron chi connectivity index (χ2n) is 6.62. The number of rotatable bonds is 7. The summed E-state index contributed by atoms with van der Waals surface area (Å²) in [5.41, 5.74) is 1.89. The van der Waals surface area contributed by atoms with Crippen molar-refractivity contribution in [2.45, 2.75) is 5.16 Å². The van der Waals surface area contributed by atoms with Gasteiger partial charge in [0, 0.05) is 29.1 Å². The number of carbonyl (C=O) groups is 1. The molecule has 0 aliphatic rings. The van der Waals surface area contributed by atoms with Gasteiger partial charge in [-0.05, 0) is 48.5 Å². The van der Waals surface area contributed by atoms with Crippen LogP contribution in [0, 0.1) is 15.9 Å². The maximum absolute atomic E-state index is 13.4. The minimum Gasteiger partial charge on any atom is -0.325 e. The average molecular weight is 449 g/mol. The third kappa shape index (κ3) is 4.81. The maximum Gasteiger partial charge on any atom is 0.269 e. The Kier molecular flexibility index (Phi) is 6.22. The number of benzene rings is 3. The number of anilines is 1. The van der Waals surface area contributed by atoms with Gasteiger partial charge in [-0.2, -0.15) is 0 Å². The Morgan fingerprint density at radius 3 is 2.34 bits per heavy atom. The zero-order chi connectivity index (χ0) is 22.5. The summed E-state index contributed by atoms with van der Waals surface area (Å²) in [5, 5.41) is 22.4. The molecule has 1 aromatic heterocycles. The highest BCUT2D eigenvalue weighted by molar-refractivity contribution is 7.99. The molecule has 32 heavy (non-hydrogen) atoms. The molecule has 1 heterocycles. The molecule has 4 aromatic rings. The molecule has 0 saturated carbocycles. The Labute approximate surface area is 186 Å².